The minimum Gasteiger partial charge on any atom is -0.383 e. The molecule has 3 heterocycles. The number of aryl methyl sites for hydroxylation is 1. The first-order valence-electron chi connectivity index (χ1n) is 9.97. The van der Waals surface area contributed by atoms with Crippen molar-refractivity contribution in [2.75, 3.05) is 32.7 Å². The lowest BCUT2D eigenvalue weighted by molar-refractivity contribution is -0.0945. The summed E-state index contributed by atoms with van der Waals surface area (Å²) in [7, 11) is 0. The molecule has 2 aliphatic rings. The van der Waals surface area contributed by atoms with Gasteiger partial charge in [-0.25, -0.2) is 0 Å². The lowest BCUT2D eigenvalue weighted by atomic mass is 9.79. The Labute approximate surface area is 156 Å². The number of hydrogen-bond acceptors (Lipinski definition) is 4. The number of likely N-dealkylation sites (tertiary alicyclic amines) is 2. The molecule has 5 nitrogen and oxygen atoms in total. The summed E-state index contributed by atoms with van der Waals surface area (Å²) in [6.45, 7) is 6.15. The van der Waals surface area contributed by atoms with Gasteiger partial charge in [0.15, 0.2) is 0 Å². The van der Waals surface area contributed by atoms with E-state index in [4.69, 9.17) is 0 Å². The van der Waals surface area contributed by atoms with E-state index in [1.54, 1.807) is 0 Å². The highest BCUT2D eigenvalue weighted by molar-refractivity contribution is 5.26. The van der Waals surface area contributed by atoms with Crippen molar-refractivity contribution in [3.05, 3.63) is 54.4 Å². The Kier molecular flexibility index (Phi) is 5.38. The SMILES string of the molecule is O[C@]1(c2ccccc2)CCN(CCCn2cccn2)C[C@H]1N1CCCC1. The fourth-order valence-electron chi connectivity index (χ4n) is 4.61. The first-order valence-corrected chi connectivity index (χ1v) is 9.97. The van der Waals surface area contributed by atoms with Crippen molar-refractivity contribution in [2.45, 2.75) is 43.9 Å². The number of rotatable bonds is 6. The van der Waals surface area contributed by atoms with Crippen LogP contribution in [-0.2, 0) is 12.1 Å². The average Bonchev–Trinajstić information content (AvgIpc) is 3.38. The van der Waals surface area contributed by atoms with Crippen LogP contribution in [0.1, 0.15) is 31.2 Å². The molecule has 2 saturated heterocycles. The average molecular weight is 354 g/mol. The van der Waals surface area contributed by atoms with E-state index >= 15 is 0 Å². The highest BCUT2D eigenvalue weighted by Gasteiger charge is 2.45. The van der Waals surface area contributed by atoms with Gasteiger partial charge in [-0.2, -0.15) is 5.10 Å². The van der Waals surface area contributed by atoms with E-state index in [-0.39, 0.29) is 6.04 Å². The predicted octanol–water partition coefficient (Wildman–Crippen LogP) is 2.33. The number of aromatic nitrogens is 2. The first-order chi connectivity index (χ1) is 12.8. The van der Waals surface area contributed by atoms with Crippen molar-refractivity contribution in [2.24, 2.45) is 0 Å². The molecule has 5 heteroatoms. The van der Waals surface area contributed by atoms with Crippen LogP contribution in [0.5, 0.6) is 0 Å². The van der Waals surface area contributed by atoms with Gasteiger partial charge in [0.2, 0.25) is 0 Å². The van der Waals surface area contributed by atoms with Crippen molar-refractivity contribution in [3.8, 4) is 0 Å². The van der Waals surface area contributed by atoms with Crippen LogP contribution < -0.4 is 0 Å². The Bertz CT molecular complexity index is 669. The maximum Gasteiger partial charge on any atom is 0.108 e. The molecule has 0 saturated carbocycles. The van der Waals surface area contributed by atoms with Gasteiger partial charge in [0.25, 0.3) is 0 Å². The molecule has 0 unspecified atom stereocenters. The molecule has 2 atom stereocenters. The van der Waals surface area contributed by atoms with Crippen molar-refractivity contribution < 1.29 is 5.11 Å². The Hall–Kier alpha value is -1.69. The van der Waals surface area contributed by atoms with Crippen LogP contribution in [0.25, 0.3) is 0 Å². The minimum atomic E-state index is -0.732. The van der Waals surface area contributed by atoms with Crippen molar-refractivity contribution in [1.82, 2.24) is 19.6 Å². The highest BCUT2D eigenvalue weighted by atomic mass is 16.3. The summed E-state index contributed by atoms with van der Waals surface area (Å²) in [6, 6.07) is 12.5. The Morgan fingerprint density at radius 2 is 1.85 bits per heavy atom. The van der Waals surface area contributed by atoms with Gasteiger partial charge in [-0.3, -0.25) is 9.58 Å². The molecular weight excluding hydrogens is 324 g/mol. The van der Waals surface area contributed by atoms with Crippen LogP contribution in [0.2, 0.25) is 0 Å². The number of benzene rings is 1. The molecular formula is C21H30N4O. The number of hydrogen-bond donors (Lipinski definition) is 1. The zero-order valence-electron chi connectivity index (χ0n) is 15.5. The molecule has 0 bridgehead atoms. The Morgan fingerprint density at radius 3 is 2.58 bits per heavy atom. The maximum absolute atomic E-state index is 11.7. The van der Waals surface area contributed by atoms with Gasteiger partial charge in [-0.1, -0.05) is 30.3 Å². The van der Waals surface area contributed by atoms with E-state index in [0.717, 1.165) is 57.7 Å². The second-order valence-corrected chi connectivity index (χ2v) is 7.72. The van der Waals surface area contributed by atoms with Crippen LogP contribution in [0.15, 0.2) is 48.8 Å². The van der Waals surface area contributed by atoms with E-state index in [1.807, 2.05) is 41.3 Å². The van der Waals surface area contributed by atoms with Crippen LogP contribution in [0.3, 0.4) is 0 Å². The van der Waals surface area contributed by atoms with E-state index in [0.29, 0.717) is 0 Å². The molecule has 4 rings (SSSR count). The molecule has 0 radical (unpaired) electrons. The van der Waals surface area contributed by atoms with Gasteiger partial charge in [0.1, 0.15) is 5.60 Å². The Balaban J connectivity index is 1.44. The van der Waals surface area contributed by atoms with Gasteiger partial charge in [0.05, 0.1) is 6.04 Å². The van der Waals surface area contributed by atoms with Crippen molar-refractivity contribution >= 4 is 0 Å². The molecule has 1 aromatic heterocycles. The van der Waals surface area contributed by atoms with Crippen LogP contribution in [0, 0.1) is 0 Å². The van der Waals surface area contributed by atoms with Gasteiger partial charge < -0.3 is 10.0 Å². The third-order valence-electron chi connectivity index (χ3n) is 6.07. The number of aliphatic hydroxyl groups is 1. The standard InChI is InChI=1S/C21H30N4O/c26-21(19-8-2-1-3-9-19)10-17-23(12-7-16-25-15-6-11-22-25)18-20(21)24-13-4-5-14-24/h1-3,6,8-9,11,15,20,26H,4-5,7,10,12-14,16-18H2/t20-,21+/m1/s1. The summed E-state index contributed by atoms with van der Waals surface area (Å²) in [5.74, 6) is 0. The van der Waals surface area contributed by atoms with Crippen molar-refractivity contribution in [1.29, 1.82) is 0 Å². The maximum atomic E-state index is 11.7. The molecule has 2 aliphatic heterocycles. The highest BCUT2D eigenvalue weighted by Crippen LogP contribution is 2.37. The van der Waals surface area contributed by atoms with Crippen LogP contribution in [-0.4, -0.2) is 63.5 Å². The summed E-state index contributed by atoms with van der Waals surface area (Å²) in [5, 5.41) is 16.0. The molecule has 2 fully saturated rings. The molecule has 140 valence electrons. The van der Waals surface area contributed by atoms with Gasteiger partial charge in [-0.15, -0.1) is 0 Å². The molecule has 1 aromatic carbocycles. The second kappa shape index (κ2) is 7.91. The summed E-state index contributed by atoms with van der Waals surface area (Å²) in [5.41, 5.74) is 0.345. The normalized spacial score (nSPS) is 27.8. The molecule has 26 heavy (non-hydrogen) atoms. The van der Waals surface area contributed by atoms with Gasteiger partial charge in [-0.05, 0) is 56.9 Å². The van der Waals surface area contributed by atoms with E-state index in [1.165, 1.54) is 12.8 Å². The smallest absolute Gasteiger partial charge is 0.108 e. The molecule has 0 aliphatic carbocycles. The minimum absolute atomic E-state index is 0.186. The van der Waals surface area contributed by atoms with Gasteiger partial charge in [0, 0.05) is 32.0 Å². The zero-order valence-corrected chi connectivity index (χ0v) is 15.5. The predicted molar refractivity (Wildman–Crippen MR) is 103 cm³/mol. The van der Waals surface area contributed by atoms with E-state index in [9.17, 15) is 5.11 Å². The van der Waals surface area contributed by atoms with Gasteiger partial charge >= 0.3 is 0 Å². The van der Waals surface area contributed by atoms with E-state index < -0.39 is 5.60 Å². The third-order valence-corrected chi connectivity index (χ3v) is 6.07. The third kappa shape index (κ3) is 3.70. The van der Waals surface area contributed by atoms with Crippen LogP contribution >= 0.6 is 0 Å². The first kappa shape index (κ1) is 17.7. The second-order valence-electron chi connectivity index (χ2n) is 7.72. The van der Waals surface area contributed by atoms with Crippen molar-refractivity contribution in [3.63, 3.8) is 0 Å². The monoisotopic (exact) mass is 354 g/mol. The summed E-state index contributed by atoms with van der Waals surface area (Å²) >= 11 is 0. The quantitative estimate of drug-likeness (QED) is 0.865. The number of nitrogens with zero attached hydrogens (tertiary/aromatic N) is 4. The summed E-state index contributed by atoms with van der Waals surface area (Å²) in [6.07, 6.45) is 8.26. The summed E-state index contributed by atoms with van der Waals surface area (Å²) < 4.78 is 2.00. The fraction of sp³-hybridized carbons (Fsp3) is 0.571. The van der Waals surface area contributed by atoms with Crippen LogP contribution in [0.4, 0.5) is 0 Å². The molecule has 1 N–H and O–H groups in total. The topological polar surface area (TPSA) is 44.5 Å². The molecule has 2 aromatic rings. The molecule has 0 amide bonds. The molecule has 0 spiro atoms. The van der Waals surface area contributed by atoms with E-state index in [2.05, 4.69) is 27.0 Å². The largest absolute Gasteiger partial charge is 0.383 e. The zero-order chi connectivity index (χ0) is 17.8. The number of piperidine rings is 1. The lowest BCUT2D eigenvalue weighted by Crippen LogP contribution is -2.60. The Morgan fingerprint density at radius 1 is 1.04 bits per heavy atom. The fourth-order valence-corrected chi connectivity index (χ4v) is 4.61. The lowest BCUT2D eigenvalue weighted by Gasteiger charge is -2.48. The summed E-state index contributed by atoms with van der Waals surface area (Å²) in [4.78, 5) is 5.05.